The summed E-state index contributed by atoms with van der Waals surface area (Å²) in [7, 11) is 0. The Morgan fingerprint density at radius 3 is 2.76 bits per heavy atom. The van der Waals surface area contributed by atoms with Gasteiger partial charge in [-0.05, 0) is 24.6 Å². The monoisotopic (exact) mass is 390 g/mol. The van der Waals surface area contributed by atoms with Gasteiger partial charge >= 0.3 is 0 Å². The minimum atomic E-state index is -0.495. The first kappa shape index (κ1) is 18.7. The minimum Gasteiger partial charge on any atom is -0.492 e. The molecule has 1 unspecified atom stereocenters. The summed E-state index contributed by atoms with van der Waals surface area (Å²) in [6.07, 6.45) is 1.80. The third kappa shape index (κ3) is 3.99. The Bertz CT molecular complexity index is 1030. The van der Waals surface area contributed by atoms with Crippen molar-refractivity contribution in [3.63, 3.8) is 0 Å². The molecule has 2 heterocycles. The molecule has 0 spiro atoms. The number of nitrogens with one attached hydrogen (secondary N) is 2. The van der Waals surface area contributed by atoms with E-state index in [0.717, 1.165) is 11.1 Å². The summed E-state index contributed by atoms with van der Waals surface area (Å²) in [5.74, 6) is 0.364. The van der Waals surface area contributed by atoms with Crippen molar-refractivity contribution in [3.8, 4) is 16.9 Å². The Balaban J connectivity index is 1.46. The van der Waals surface area contributed by atoms with Crippen molar-refractivity contribution in [2.24, 2.45) is 5.92 Å². The zero-order valence-electron chi connectivity index (χ0n) is 16.1. The van der Waals surface area contributed by atoms with Crippen LogP contribution in [0.2, 0.25) is 0 Å². The maximum atomic E-state index is 12.6. The lowest BCUT2D eigenvalue weighted by molar-refractivity contribution is -0.125. The molecule has 1 aliphatic rings. The smallest absolute Gasteiger partial charge is 0.231 e. The van der Waals surface area contributed by atoms with Gasteiger partial charge in [-0.2, -0.15) is 5.10 Å². The van der Waals surface area contributed by atoms with Crippen LogP contribution in [0.3, 0.4) is 0 Å². The van der Waals surface area contributed by atoms with E-state index >= 15 is 0 Å². The molecule has 29 heavy (non-hydrogen) atoms. The average molecular weight is 390 g/mol. The van der Waals surface area contributed by atoms with E-state index in [-0.39, 0.29) is 18.2 Å². The molecule has 7 nitrogen and oxygen atoms in total. The SMILES string of the molecule is CCOc1ccccc1NC(=O)CC1Cn2ncc(-c3ccccc3)c2NC1=O. The highest BCUT2D eigenvalue weighted by molar-refractivity contribution is 6.01. The molecule has 0 bridgehead atoms. The Morgan fingerprint density at radius 2 is 1.97 bits per heavy atom. The van der Waals surface area contributed by atoms with E-state index in [1.54, 1.807) is 23.0 Å². The molecule has 148 valence electrons. The fraction of sp³-hybridized carbons (Fsp3) is 0.227. The molecule has 0 saturated carbocycles. The maximum absolute atomic E-state index is 12.6. The van der Waals surface area contributed by atoms with Crippen LogP contribution in [0.4, 0.5) is 11.5 Å². The Kier molecular flexibility index (Phi) is 5.29. The summed E-state index contributed by atoms with van der Waals surface area (Å²) in [6.45, 7) is 2.74. The van der Waals surface area contributed by atoms with E-state index in [9.17, 15) is 9.59 Å². The highest BCUT2D eigenvalue weighted by Gasteiger charge is 2.30. The lowest BCUT2D eigenvalue weighted by atomic mass is 10.0. The van der Waals surface area contributed by atoms with Gasteiger partial charge in [0.25, 0.3) is 0 Å². The lowest BCUT2D eigenvalue weighted by Gasteiger charge is -2.24. The molecule has 2 N–H and O–H groups in total. The molecule has 7 heteroatoms. The van der Waals surface area contributed by atoms with Crippen molar-refractivity contribution >= 4 is 23.3 Å². The summed E-state index contributed by atoms with van der Waals surface area (Å²) in [4.78, 5) is 25.2. The summed E-state index contributed by atoms with van der Waals surface area (Å²) >= 11 is 0. The Morgan fingerprint density at radius 1 is 1.21 bits per heavy atom. The number of rotatable bonds is 6. The third-order valence-electron chi connectivity index (χ3n) is 4.82. The van der Waals surface area contributed by atoms with Crippen LogP contribution in [0.5, 0.6) is 5.75 Å². The number of carbonyl (C=O) groups excluding carboxylic acids is 2. The number of ether oxygens (including phenoxy) is 1. The van der Waals surface area contributed by atoms with Crippen molar-refractivity contribution in [2.75, 3.05) is 17.2 Å². The Labute approximate surface area is 168 Å². The number of carbonyl (C=O) groups is 2. The van der Waals surface area contributed by atoms with Crippen LogP contribution in [-0.2, 0) is 16.1 Å². The van der Waals surface area contributed by atoms with Crippen molar-refractivity contribution < 1.29 is 14.3 Å². The van der Waals surface area contributed by atoms with Gasteiger partial charge in [0, 0.05) is 12.0 Å². The van der Waals surface area contributed by atoms with E-state index < -0.39 is 5.92 Å². The van der Waals surface area contributed by atoms with Crippen LogP contribution in [-0.4, -0.2) is 28.2 Å². The molecule has 0 fully saturated rings. The van der Waals surface area contributed by atoms with Gasteiger partial charge in [-0.3, -0.25) is 9.59 Å². The summed E-state index contributed by atoms with van der Waals surface area (Å²) < 4.78 is 7.28. The van der Waals surface area contributed by atoms with Gasteiger partial charge in [0.05, 0.1) is 31.0 Å². The maximum Gasteiger partial charge on any atom is 0.231 e. The standard InChI is InChI=1S/C22H22N4O3/c1-2-29-19-11-7-6-10-18(19)24-20(27)12-16-14-26-21(25-22(16)28)17(13-23-26)15-8-4-3-5-9-15/h3-11,13,16H,2,12,14H2,1H3,(H,24,27)(H,25,28). The van der Waals surface area contributed by atoms with Crippen LogP contribution < -0.4 is 15.4 Å². The largest absolute Gasteiger partial charge is 0.492 e. The van der Waals surface area contributed by atoms with Gasteiger partial charge in [0.1, 0.15) is 11.6 Å². The van der Waals surface area contributed by atoms with Crippen molar-refractivity contribution in [1.82, 2.24) is 9.78 Å². The second-order valence-electron chi connectivity index (χ2n) is 6.82. The van der Waals surface area contributed by atoms with E-state index in [1.807, 2.05) is 49.4 Å². The number of amides is 2. The fourth-order valence-corrected chi connectivity index (χ4v) is 3.43. The normalized spacial score (nSPS) is 15.3. The van der Waals surface area contributed by atoms with E-state index in [0.29, 0.717) is 30.4 Å². The molecule has 4 rings (SSSR count). The number of aromatic nitrogens is 2. The molecule has 2 amide bonds. The number of fused-ring (bicyclic) bond motifs is 1. The highest BCUT2D eigenvalue weighted by atomic mass is 16.5. The second-order valence-corrected chi connectivity index (χ2v) is 6.82. The zero-order valence-corrected chi connectivity index (χ0v) is 16.1. The second kappa shape index (κ2) is 8.18. The van der Waals surface area contributed by atoms with Gasteiger partial charge in [0.15, 0.2) is 0 Å². The quantitative estimate of drug-likeness (QED) is 0.674. The van der Waals surface area contributed by atoms with E-state index in [4.69, 9.17) is 4.74 Å². The molecule has 0 radical (unpaired) electrons. The minimum absolute atomic E-state index is 0.0618. The molecule has 3 aromatic rings. The van der Waals surface area contributed by atoms with Gasteiger partial charge in [0.2, 0.25) is 11.8 Å². The molecule has 1 atom stereocenters. The number of hydrogen-bond acceptors (Lipinski definition) is 4. The van der Waals surface area contributed by atoms with Gasteiger partial charge in [-0.1, -0.05) is 42.5 Å². The first-order valence-electron chi connectivity index (χ1n) is 9.59. The number of nitrogens with zero attached hydrogens (tertiary/aromatic N) is 2. The van der Waals surface area contributed by atoms with Crippen molar-refractivity contribution in [2.45, 2.75) is 19.9 Å². The van der Waals surface area contributed by atoms with E-state index in [2.05, 4.69) is 15.7 Å². The van der Waals surface area contributed by atoms with Crippen LogP contribution in [0.15, 0.2) is 60.8 Å². The lowest BCUT2D eigenvalue weighted by Crippen LogP contribution is -2.36. The molecule has 0 saturated heterocycles. The van der Waals surface area contributed by atoms with Crippen LogP contribution >= 0.6 is 0 Å². The first-order valence-corrected chi connectivity index (χ1v) is 9.59. The molecule has 1 aliphatic heterocycles. The van der Waals surface area contributed by atoms with Gasteiger partial charge in [-0.15, -0.1) is 0 Å². The summed E-state index contributed by atoms with van der Waals surface area (Å²) in [5.41, 5.74) is 2.45. The average Bonchev–Trinajstić information content (AvgIpc) is 3.13. The number of hydrogen-bond donors (Lipinski definition) is 2. The Hall–Kier alpha value is -3.61. The summed E-state index contributed by atoms with van der Waals surface area (Å²) in [5, 5.41) is 10.2. The molecular weight excluding hydrogens is 368 g/mol. The molecule has 2 aromatic carbocycles. The third-order valence-corrected chi connectivity index (χ3v) is 4.82. The topological polar surface area (TPSA) is 85.2 Å². The highest BCUT2D eigenvalue weighted by Crippen LogP contribution is 2.32. The molecular formula is C22H22N4O3. The summed E-state index contributed by atoms with van der Waals surface area (Å²) in [6, 6.07) is 17.0. The first-order chi connectivity index (χ1) is 14.2. The number of anilines is 2. The van der Waals surface area contributed by atoms with Crippen LogP contribution in [0.25, 0.3) is 11.1 Å². The number of benzene rings is 2. The predicted molar refractivity (Wildman–Crippen MR) is 111 cm³/mol. The molecule has 1 aromatic heterocycles. The predicted octanol–water partition coefficient (Wildman–Crippen LogP) is 3.55. The van der Waals surface area contributed by atoms with E-state index in [1.165, 1.54) is 0 Å². The number of para-hydroxylation sites is 2. The van der Waals surface area contributed by atoms with Crippen LogP contribution in [0.1, 0.15) is 13.3 Å². The molecule has 0 aliphatic carbocycles. The van der Waals surface area contributed by atoms with Crippen molar-refractivity contribution in [3.05, 3.63) is 60.8 Å². The van der Waals surface area contributed by atoms with Gasteiger partial charge in [-0.25, -0.2) is 4.68 Å². The van der Waals surface area contributed by atoms with Crippen molar-refractivity contribution in [1.29, 1.82) is 0 Å². The van der Waals surface area contributed by atoms with Crippen LogP contribution in [0, 0.1) is 5.92 Å². The van der Waals surface area contributed by atoms with Gasteiger partial charge < -0.3 is 15.4 Å². The zero-order chi connectivity index (χ0) is 20.2. The fourth-order valence-electron chi connectivity index (χ4n) is 3.43.